The van der Waals surface area contributed by atoms with Crippen LogP contribution in [0.25, 0.3) is 0 Å². The first-order chi connectivity index (χ1) is 12.8. The lowest BCUT2D eigenvalue weighted by atomic mass is 9.85. The SMILES string of the molecule is COc1cc(CC[C@@](N)(CO)CC(C)C)ccc1OCCCCCC(C)C. The lowest BCUT2D eigenvalue weighted by molar-refractivity contribution is 0.165. The third-order valence-corrected chi connectivity index (χ3v) is 4.95. The Labute approximate surface area is 166 Å². The molecule has 0 aliphatic heterocycles. The van der Waals surface area contributed by atoms with Crippen LogP contribution in [0.3, 0.4) is 0 Å². The molecule has 4 nitrogen and oxygen atoms in total. The number of nitrogens with two attached hydrogens (primary N) is 1. The Hall–Kier alpha value is -1.26. The summed E-state index contributed by atoms with van der Waals surface area (Å²) in [4.78, 5) is 0. The van der Waals surface area contributed by atoms with Crippen molar-refractivity contribution in [2.45, 2.75) is 78.2 Å². The van der Waals surface area contributed by atoms with Gasteiger partial charge in [0, 0.05) is 5.54 Å². The summed E-state index contributed by atoms with van der Waals surface area (Å²) in [5.74, 6) is 2.81. The summed E-state index contributed by atoms with van der Waals surface area (Å²) in [5.41, 5.74) is 7.00. The summed E-state index contributed by atoms with van der Waals surface area (Å²) < 4.78 is 11.4. The molecule has 0 heterocycles. The van der Waals surface area contributed by atoms with Gasteiger partial charge in [0.25, 0.3) is 0 Å². The Bertz CT molecular complexity index is 530. The molecule has 0 radical (unpaired) electrons. The van der Waals surface area contributed by atoms with Crippen LogP contribution in [0.2, 0.25) is 0 Å². The molecule has 1 aromatic carbocycles. The van der Waals surface area contributed by atoms with Gasteiger partial charge < -0.3 is 20.3 Å². The Morgan fingerprint density at radius 3 is 2.37 bits per heavy atom. The summed E-state index contributed by atoms with van der Waals surface area (Å²) in [6, 6.07) is 6.09. The molecule has 0 bridgehead atoms. The van der Waals surface area contributed by atoms with Gasteiger partial charge in [-0.2, -0.15) is 0 Å². The fourth-order valence-corrected chi connectivity index (χ4v) is 3.45. The number of aliphatic hydroxyl groups is 1. The zero-order valence-corrected chi connectivity index (χ0v) is 18.1. The van der Waals surface area contributed by atoms with Crippen LogP contribution in [0.4, 0.5) is 0 Å². The van der Waals surface area contributed by atoms with Crippen LogP contribution in [0.1, 0.15) is 71.8 Å². The van der Waals surface area contributed by atoms with E-state index in [0.717, 1.165) is 55.3 Å². The second-order valence-electron chi connectivity index (χ2n) is 8.70. The Kier molecular flexibility index (Phi) is 10.8. The highest BCUT2D eigenvalue weighted by atomic mass is 16.5. The molecular weight excluding hydrogens is 338 g/mol. The molecule has 0 aromatic heterocycles. The van der Waals surface area contributed by atoms with E-state index in [0.29, 0.717) is 5.92 Å². The average Bonchev–Trinajstić information content (AvgIpc) is 2.62. The van der Waals surface area contributed by atoms with Gasteiger partial charge in [-0.05, 0) is 55.2 Å². The highest BCUT2D eigenvalue weighted by Crippen LogP contribution is 2.30. The van der Waals surface area contributed by atoms with Crippen molar-refractivity contribution in [2.24, 2.45) is 17.6 Å². The molecule has 0 amide bonds. The van der Waals surface area contributed by atoms with E-state index < -0.39 is 5.54 Å². The molecule has 0 aliphatic rings. The van der Waals surface area contributed by atoms with Gasteiger partial charge in [-0.1, -0.05) is 53.0 Å². The minimum absolute atomic E-state index is 0.0142. The minimum Gasteiger partial charge on any atom is -0.493 e. The topological polar surface area (TPSA) is 64.7 Å². The van der Waals surface area contributed by atoms with E-state index in [-0.39, 0.29) is 6.61 Å². The van der Waals surface area contributed by atoms with E-state index in [4.69, 9.17) is 15.2 Å². The second kappa shape index (κ2) is 12.2. The van der Waals surface area contributed by atoms with Gasteiger partial charge in [-0.25, -0.2) is 0 Å². The number of hydrogen-bond acceptors (Lipinski definition) is 4. The fourth-order valence-electron chi connectivity index (χ4n) is 3.45. The first-order valence-electron chi connectivity index (χ1n) is 10.5. The number of aliphatic hydroxyl groups excluding tert-OH is 1. The summed E-state index contributed by atoms with van der Waals surface area (Å²) in [5, 5.41) is 9.68. The van der Waals surface area contributed by atoms with Crippen LogP contribution in [-0.4, -0.2) is 31.0 Å². The lowest BCUT2D eigenvalue weighted by Gasteiger charge is -2.29. The largest absolute Gasteiger partial charge is 0.493 e. The third-order valence-electron chi connectivity index (χ3n) is 4.95. The number of unbranched alkanes of at least 4 members (excludes halogenated alkanes) is 2. The van der Waals surface area contributed by atoms with Gasteiger partial charge in [0.1, 0.15) is 0 Å². The molecule has 4 heteroatoms. The summed E-state index contributed by atoms with van der Waals surface area (Å²) in [6.45, 7) is 9.53. The quantitative estimate of drug-likeness (QED) is 0.448. The Morgan fingerprint density at radius 2 is 1.78 bits per heavy atom. The summed E-state index contributed by atoms with van der Waals surface area (Å²) in [7, 11) is 1.67. The van der Waals surface area contributed by atoms with Crippen molar-refractivity contribution in [2.75, 3.05) is 20.3 Å². The van der Waals surface area contributed by atoms with Crippen molar-refractivity contribution in [3.63, 3.8) is 0 Å². The Balaban J connectivity index is 2.53. The number of methoxy groups -OCH3 is 1. The van der Waals surface area contributed by atoms with Crippen molar-refractivity contribution < 1.29 is 14.6 Å². The molecule has 0 saturated carbocycles. The van der Waals surface area contributed by atoms with Gasteiger partial charge in [0.15, 0.2) is 11.5 Å². The van der Waals surface area contributed by atoms with E-state index in [9.17, 15) is 5.11 Å². The molecule has 0 aliphatic carbocycles. The van der Waals surface area contributed by atoms with E-state index >= 15 is 0 Å². The first-order valence-corrected chi connectivity index (χ1v) is 10.5. The molecule has 0 saturated heterocycles. The average molecular weight is 380 g/mol. The highest BCUT2D eigenvalue weighted by Gasteiger charge is 2.25. The fraction of sp³-hybridized carbons (Fsp3) is 0.739. The van der Waals surface area contributed by atoms with E-state index in [1.807, 2.05) is 12.1 Å². The number of ether oxygens (including phenoxy) is 2. The maximum absolute atomic E-state index is 9.68. The molecule has 1 rings (SSSR count). The first kappa shape index (κ1) is 23.8. The van der Waals surface area contributed by atoms with Crippen LogP contribution < -0.4 is 15.2 Å². The zero-order chi connectivity index (χ0) is 20.3. The highest BCUT2D eigenvalue weighted by molar-refractivity contribution is 5.43. The number of aryl methyl sites for hydroxylation is 1. The normalized spacial score (nSPS) is 13.8. The van der Waals surface area contributed by atoms with E-state index in [2.05, 4.69) is 33.8 Å². The van der Waals surface area contributed by atoms with Crippen molar-refractivity contribution in [3.8, 4) is 11.5 Å². The van der Waals surface area contributed by atoms with Crippen LogP contribution in [0.15, 0.2) is 18.2 Å². The molecule has 156 valence electrons. The molecule has 27 heavy (non-hydrogen) atoms. The van der Waals surface area contributed by atoms with Gasteiger partial charge >= 0.3 is 0 Å². The standard InChI is InChI=1S/C23H41NO3/c1-18(2)9-7-6-8-14-27-21-11-10-20(15-22(21)26-5)12-13-23(24,17-25)16-19(3)4/h10-11,15,18-19,25H,6-9,12-14,16-17,24H2,1-5H3/t23-/m0/s1. The number of hydrogen-bond donors (Lipinski definition) is 2. The lowest BCUT2D eigenvalue weighted by Crippen LogP contribution is -2.45. The maximum atomic E-state index is 9.68. The van der Waals surface area contributed by atoms with Crippen LogP contribution in [0.5, 0.6) is 11.5 Å². The van der Waals surface area contributed by atoms with Crippen molar-refractivity contribution in [3.05, 3.63) is 23.8 Å². The molecule has 3 N–H and O–H groups in total. The van der Waals surface area contributed by atoms with Crippen LogP contribution in [0, 0.1) is 11.8 Å². The predicted octanol–water partition coefficient (Wildman–Crippen LogP) is 4.96. The zero-order valence-electron chi connectivity index (χ0n) is 18.1. The van der Waals surface area contributed by atoms with Gasteiger partial charge in [0.2, 0.25) is 0 Å². The molecule has 1 aromatic rings. The van der Waals surface area contributed by atoms with E-state index in [1.54, 1.807) is 7.11 Å². The monoisotopic (exact) mass is 379 g/mol. The molecule has 1 atom stereocenters. The number of benzene rings is 1. The predicted molar refractivity (Wildman–Crippen MR) is 114 cm³/mol. The van der Waals surface area contributed by atoms with Gasteiger partial charge in [0.05, 0.1) is 20.3 Å². The van der Waals surface area contributed by atoms with E-state index in [1.165, 1.54) is 19.3 Å². The minimum atomic E-state index is -0.521. The van der Waals surface area contributed by atoms with Crippen molar-refractivity contribution in [1.82, 2.24) is 0 Å². The third kappa shape index (κ3) is 9.48. The Morgan fingerprint density at radius 1 is 1.04 bits per heavy atom. The second-order valence-corrected chi connectivity index (χ2v) is 8.70. The summed E-state index contributed by atoms with van der Waals surface area (Å²) >= 11 is 0. The maximum Gasteiger partial charge on any atom is 0.161 e. The molecule has 0 spiro atoms. The van der Waals surface area contributed by atoms with Crippen LogP contribution in [-0.2, 0) is 6.42 Å². The summed E-state index contributed by atoms with van der Waals surface area (Å²) in [6.07, 6.45) is 7.20. The molecular formula is C23H41NO3. The van der Waals surface area contributed by atoms with Crippen LogP contribution >= 0.6 is 0 Å². The van der Waals surface area contributed by atoms with Crippen molar-refractivity contribution >= 4 is 0 Å². The van der Waals surface area contributed by atoms with Crippen molar-refractivity contribution in [1.29, 1.82) is 0 Å². The van der Waals surface area contributed by atoms with Gasteiger partial charge in [-0.3, -0.25) is 0 Å². The smallest absolute Gasteiger partial charge is 0.161 e. The number of rotatable bonds is 14. The molecule has 0 fully saturated rings. The van der Waals surface area contributed by atoms with Gasteiger partial charge in [-0.15, -0.1) is 0 Å². The molecule has 0 unspecified atom stereocenters.